The Labute approximate surface area is 211 Å². The van der Waals surface area contributed by atoms with Gasteiger partial charge in [0.15, 0.2) is 10.8 Å². The topological polar surface area (TPSA) is 88.3 Å². The van der Waals surface area contributed by atoms with E-state index in [1.807, 2.05) is 39.2 Å². The van der Waals surface area contributed by atoms with Crippen molar-refractivity contribution in [1.82, 2.24) is 29.3 Å². The molecule has 182 valence electrons. The molecular weight excluding hydrogens is 490 g/mol. The highest BCUT2D eigenvalue weighted by molar-refractivity contribution is 7.99. The number of hydrogen-bond donors (Lipinski definition) is 1. The van der Waals surface area contributed by atoms with Crippen molar-refractivity contribution in [3.05, 3.63) is 36.0 Å². The van der Waals surface area contributed by atoms with E-state index in [4.69, 9.17) is 16.6 Å². The average Bonchev–Trinajstić information content (AvgIpc) is 3.44. The van der Waals surface area contributed by atoms with Crippen LogP contribution >= 0.6 is 23.4 Å². The molecule has 5 rings (SSSR count). The van der Waals surface area contributed by atoms with Crippen LogP contribution in [-0.4, -0.2) is 52.7 Å². The maximum absolute atomic E-state index is 12.8. The van der Waals surface area contributed by atoms with Gasteiger partial charge in [0.25, 0.3) is 0 Å². The predicted molar refractivity (Wildman–Crippen MR) is 137 cm³/mol. The summed E-state index contributed by atoms with van der Waals surface area (Å²) in [5.41, 5.74) is 1.07. The van der Waals surface area contributed by atoms with Crippen molar-refractivity contribution in [2.75, 3.05) is 18.0 Å². The number of nitrogens with zero attached hydrogens (tertiary/aromatic N) is 6. The molecule has 2 fully saturated rings. The predicted octanol–water partition coefficient (Wildman–Crippen LogP) is 4.51. The molecule has 0 bridgehead atoms. The zero-order valence-electron chi connectivity index (χ0n) is 19.7. The maximum atomic E-state index is 12.8. The fourth-order valence-electron chi connectivity index (χ4n) is 5.07. The molecule has 1 unspecified atom stereocenters. The molecule has 3 aromatic rings. The number of anilines is 1. The summed E-state index contributed by atoms with van der Waals surface area (Å²) >= 11 is 7.70. The highest BCUT2D eigenvalue weighted by Crippen LogP contribution is 2.47. The average molecular weight is 520 g/mol. The third-order valence-corrected chi connectivity index (χ3v) is 10.0. The number of piperidine rings is 1. The van der Waals surface area contributed by atoms with Gasteiger partial charge in [-0.15, -0.1) is 5.10 Å². The SMILES string of the molecule is CC(C)(C)S(=O)N[C@@H]1CCCC12CCN(c1ncc(Sc3ccnnc3Cl)c3nccn13)CC2. The van der Waals surface area contributed by atoms with Crippen molar-refractivity contribution >= 4 is 45.9 Å². The molecule has 0 aromatic carbocycles. The lowest BCUT2D eigenvalue weighted by atomic mass is 9.74. The molecule has 0 amide bonds. The molecule has 1 saturated carbocycles. The first kappa shape index (κ1) is 24.0. The summed E-state index contributed by atoms with van der Waals surface area (Å²) in [5, 5.41) is 8.11. The molecule has 8 nitrogen and oxygen atoms in total. The highest BCUT2D eigenvalue weighted by atomic mass is 35.5. The van der Waals surface area contributed by atoms with Gasteiger partial charge in [-0.2, -0.15) is 5.10 Å². The van der Waals surface area contributed by atoms with Crippen LogP contribution in [0.1, 0.15) is 52.9 Å². The second-order valence-corrected chi connectivity index (χ2v) is 13.6. The van der Waals surface area contributed by atoms with Gasteiger partial charge in [0.2, 0.25) is 5.95 Å². The summed E-state index contributed by atoms with van der Waals surface area (Å²) in [4.78, 5) is 13.5. The van der Waals surface area contributed by atoms with Gasteiger partial charge < -0.3 is 4.90 Å². The van der Waals surface area contributed by atoms with Crippen LogP contribution in [0.25, 0.3) is 5.65 Å². The summed E-state index contributed by atoms with van der Waals surface area (Å²) in [6, 6.07) is 2.16. The number of hydrogen-bond acceptors (Lipinski definition) is 7. The Kier molecular flexibility index (Phi) is 6.60. The Morgan fingerprint density at radius 3 is 2.71 bits per heavy atom. The standard InChI is InChI=1S/C23H30ClN7OS2/c1-22(2,3)34(32)29-18-5-4-7-23(18)8-12-30(13-9-23)21-26-15-17(20-25-11-14-31(20)21)33-16-6-10-27-28-19(16)24/h6,10-11,14-15,18,29H,4-5,7-9,12-13H2,1-3H3/t18-,34?/m1/s1. The number of rotatable bonds is 5. The maximum Gasteiger partial charge on any atom is 0.211 e. The molecule has 3 aromatic heterocycles. The van der Waals surface area contributed by atoms with E-state index in [-0.39, 0.29) is 10.2 Å². The van der Waals surface area contributed by atoms with Crippen LogP contribution in [0.5, 0.6) is 0 Å². The van der Waals surface area contributed by atoms with Crippen LogP contribution in [0.15, 0.2) is 40.6 Å². The number of halogens is 1. The van der Waals surface area contributed by atoms with E-state index < -0.39 is 11.0 Å². The molecular formula is C23H30ClN7OS2. The van der Waals surface area contributed by atoms with Gasteiger partial charge in [0, 0.05) is 37.7 Å². The quantitative estimate of drug-likeness (QED) is 0.530. The van der Waals surface area contributed by atoms with Crippen molar-refractivity contribution in [1.29, 1.82) is 0 Å². The molecule has 34 heavy (non-hydrogen) atoms. The smallest absolute Gasteiger partial charge is 0.211 e. The minimum atomic E-state index is -1.04. The number of imidazole rings is 1. The molecule has 1 spiro atoms. The summed E-state index contributed by atoms with van der Waals surface area (Å²) in [7, 11) is -1.04. The van der Waals surface area contributed by atoms with Crippen LogP contribution in [0.3, 0.4) is 0 Å². The lowest BCUT2D eigenvalue weighted by Gasteiger charge is -2.44. The Morgan fingerprint density at radius 1 is 1.18 bits per heavy atom. The first-order valence-corrected chi connectivity index (χ1v) is 14.0. The van der Waals surface area contributed by atoms with E-state index in [0.29, 0.717) is 11.2 Å². The second-order valence-electron chi connectivity index (χ2n) is 10.1. The molecule has 1 N–H and O–H groups in total. The first-order chi connectivity index (χ1) is 16.3. The summed E-state index contributed by atoms with van der Waals surface area (Å²) in [6.07, 6.45) is 12.9. The van der Waals surface area contributed by atoms with Crippen molar-refractivity contribution < 1.29 is 4.21 Å². The Balaban J connectivity index is 1.33. The lowest BCUT2D eigenvalue weighted by molar-refractivity contribution is 0.187. The fraction of sp³-hybridized carbons (Fsp3) is 0.565. The Morgan fingerprint density at radius 2 is 1.97 bits per heavy atom. The minimum Gasteiger partial charge on any atom is -0.342 e. The van der Waals surface area contributed by atoms with Gasteiger partial charge in [-0.25, -0.2) is 18.9 Å². The lowest BCUT2D eigenvalue weighted by Crippen LogP contribution is -2.51. The fourth-order valence-corrected chi connectivity index (χ4v) is 7.11. The zero-order chi connectivity index (χ0) is 23.9. The molecule has 11 heteroatoms. The molecule has 1 saturated heterocycles. The Hall–Kier alpha value is -1.75. The van der Waals surface area contributed by atoms with Crippen LogP contribution in [0.4, 0.5) is 5.95 Å². The highest BCUT2D eigenvalue weighted by Gasteiger charge is 2.46. The Bertz CT molecular complexity index is 1200. The molecule has 1 aliphatic carbocycles. The third-order valence-electron chi connectivity index (χ3n) is 6.99. The molecule has 2 aliphatic rings. The summed E-state index contributed by atoms with van der Waals surface area (Å²) in [5.74, 6) is 0.909. The van der Waals surface area contributed by atoms with Crippen molar-refractivity contribution in [2.24, 2.45) is 5.41 Å². The molecule has 2 atom stereocenters. The number of fused-ring (bicyclic) bond motifs is 1. The second kappa shape index (κ2) is 9.37. The van der Waals surface area contributed by atoms with Crippen LogP contribution < -0.4 is 9.62 Å². The van der Waals surface area contributed by atoms with E-state index in [1.54, 1.807) is 12.4 Å². The zero-order valence-corrected chi connectivity index (χ0v) is 22.1. The summed E-state index contributed by atoms with van der Waals surface area (Å²) in [6.45, 7) is 7.94. The molecule has 1 aliphatic heterocycles. The number of aromatic nitrogens is 5. The van der Waals surface area contributed by atoms with Crippen LogP contribution in [0, 0.1) is 5.41 Å². The van der Waals surface area contributed by atoms with Gasteiger partial charge in [-0.1, -0.05) is 29.8 Å². The largest absolute Gasteiger partial charge is 0.342 e. The van der Waals surface area contributed by atoms with Gasteiger partial charge >= 0.3 is 0 Å². The van der Waals surface area contributed by atoms with Gasteiger partial charge in [-0.3, -0.25) is 4.40 Å². The molecule has 0 radical (unpaired) electrons. The van der Waals surface area contributed by atoms with Gasteiger partial charge in [0.1, 0.15) is 0 Å². The van der Waals surface area contributed by atoms with Crippen molar-refractivity contribution in [3.63, 3.8) is 0 Å². The van der Waals surface area contributed by atoms with Crippen molar-refractivity contribution in [2.45, 2.75) is 73.5 Å². The van der Waals surface area contributed by atoms with Crippen molar-refractivity contribution in [3.8, 4) is 0 Å². The minimum absolute atomic E-state index is 0.215. The van der Waals surface area contributed by atoms with E-state index in [9.17, 15) is 4.21 Å². The van der Waals surface area contributed by atoms with Crippen LogP contribution in [0.2, 0.25) is 5.15 Å². The normalized spacial score (nSPS) is 21.4. The summed E-state index contributed by atoms with van der Waals surface area (Å²) < 4.78 is 18.1. The van der Waals surface area contributed by atoms with Gasteiger partial charge in [-0.05, 0) is 57.9 Å². The number of nitrogens with one attached hydrogen (secondary N) is 1. The molecule has 4 heterocycles. The van der Waals surface area contributed by atoms with E-state index in [1.165, 1.54) is 24.6 Å². The van der Waals surface area contributed by atoms with E-state index in [0.717, 1.165) is 53.7 Å². The van der Waals surface area contributed by atoms with E-state index in [2.05, 4.69) is 29.2 Å². The van der Waals surface area contributed by atoms with E-state index >= 15 is 0 Å². The monoisotopic (exact) mass is 519 g/mol. The van der Waals surface area contributed by atoms with Gasteiger partial charge in [0.05, 0.1) is 31.7 Å². The third kappa shape index (κ3) is 4.57. The van der Waals surface area contributed by atoms with Crippen LogP contribution in [-0.2, 0) is 11.0 Å². The first-order valence-electron chi connectivity index (χ1n) is 11.7.